The zero-order valence-corrected chi connectivity index (χ0v) is 10.8. The largest absolute Gasteiger partial charge is 0.385 e. The van der Waals surface area contributed by atoms with Crippen LogP contribution in [0.2, 0.25) is 5.02 Å². The summed E-state index contributed by atoms with van der Waals surface area (Å²) in [7, 11) is -2.31. The summed E-state index contributed by atoms with van der Waals surface area (Å²) in [6, 6.07) is 3.43. The molecule has 0 unspecified atom stereocenters. The lowest BCUT2D eigenvalue weighted by Gasteiger charge is -2.07. The van der Waals surface area contributed by atoms with Gasteiger partial charge in [-0.1, -0.05) is 11.6 Å². The number of benzene rings is 1. The highest BCUT2D eigenvalue weighted by molar-refractivity contribution is 7.89. The van der Waals surface area contributed by atoms with E-state index in [9.17, 15) is 12.8 Å². The Hall–Kier alpha value is -0.690. The Kier molecular flexibility index (Phi) is 5.32. The average molecular weight is 282 g/mol. The first-order valence-electron chi connectivity index (χ1n) is 4.91. The predicted molar refractivity (Wildman–Crippen MR) is 63.1 cm³/mol. The molecule has 0 aliphatic rings. The van der Waals surface area contributed by atoms with E-state index in [1.54, 1.807) is 0 Å². The normalized spacial score (nSPS) is 11.7. The summed E-state index contributed by atoms with van der Waals surface area (Å²) in [6.45, 7) is 0.629. The van der Waals surface area contributed by atoms with Crippen LogP contribution in [0, 0.1) is 5.82 Å². The molecule has 4 nitrogen and oxygen atoms in total. The Bertz CT molecular complexity index is 478. The first-order chi connectivity index (χ1) is 7.97. The molecular weight excluding hydrogens is 269 g/mol. The second kappa shape index (κ2) is 6.30. The fourth-order valence-electron chi connectivity index (χ4n) is 1.19. The van der Waals surface area contributed by atoms with Crippen LogP contribution >= 0.6 is 11.6 Å². The van der Waals surface area contributed by atoms with Crippen LogP contribution in [0.1, 0.15) is 6.42 Å². The molecule has 1 rings (SSSR count). The summed E-state index contributed by atoms with van der Waals surface area (Å²) < 4.78 is 43.8. The molecule has 0 spiro atoms. The first kappa shape index (κ1) is 14.4. The highest BCUT2D eigenvalue weighted by Gasteiger charge is 2.18. The van der Waals surface area contributed by atoms with E-state index in [0.717, 1.165) is 12.1 Å². The Morgan fingerprint density at radius 1 is 1.47 bits per heavy atom. The summed E-state index contributed by atoms with van der Waals surface area (Å²) in [5.74, 6) is -0.864. The van der Waals surface area contributed by atoms with Crippen molar-refractivity contribution in [1.82, 2.24) is 4.72 Å². The predicted octanol–water partition coefficient (Wildman–Crippen LogP) is 1.79. The zero-order valence-electron chi connectivity index (χ0n) is 9.24. The second-order valence-corrected chi connectivity index (χ2v) is 5.49. The molecule has 0 aliphatic carbocycles. The number of ether oxygens (including phenoxy) is 1. The van der Waals surface area contributed by atoms with Gasteiger partial charge in [-0.3, -0.25) is 0 Å². The van der Waals surface area contributed by atoms with Crippen molar-refractivity contribution >= 4 is 21.6 Å². The van der Waals surface area contributed by atoms with Crippen LogP contribution in [0.5, 0.6) is 0 Å². The Morgan fingerprint density at radius 3 is 2.76 bits per heavy atom. The van der Waals surface area contributed by atoms with Crippen LogP contribution in [0.3, 0.4) is 0 Å². The van der Waals surface area contributed by atoms with Gasteiger partial charge in [-0.2, -0.15) is 0 Å². The molecule has 0 bridgehead atoms. The third-order valence-corrected chi connectivity index (χ3v) is 3.73. The van der Waals surface area contributed by atoms with Gasteiger partial charge in [0.05, 0.1) is 0 Å². The fourth-order valence-corrected chi connectivity index (χ4v) is 2.48. The van der Waals surface area contributed by atoms with Gasteiger partial charge in [0.25, 0.3) is 0 Å². The van der Waals surface area contributed by atoms with Crippen LogP contribution in [-0.2, 0) is 14.8 Å². The van der Waals surface area contributed by atoms with Crippen molar-refractivity contribution in [3.05, 3.63) is 29.0 Å². The topological polar surface area (TPSA) is 55.4 Å². The van der Waals surface area contributed by atoms with Crippen molar-refractivity contribution in [3.63, 3.8) is 0 Å². The first-order valence-corrected chi connectivity index (χ1v) is 6.77. The van der Waals surface area contributed by atoms with Crippen molar-refractivity contribution < 1.29 is 17.5 Å². The minimum atomic E-state index is -3.83. The quantitative estimate of drug-likeness (QED) is 0.809. The fraction of sp³-hybridized carbons (Fsp3) is 0.400. The molecule has 17 heavy (non-hydrogen) atoms. The van der Waals surface area contributed by atoms with Gasteiger partial charge in [-0.05, 0) is 24.6 Å². The molecule has 7 heteroatoms. The number of rotatable bonds is 6. The van der Waals surface area contributed by atoms with E-state index >= 15 is 0 Å². The van der Waals surface area contributed by atoms with Gasteiger partial charge < -0.3 is 4.74 Å². The van der Waals surface area contributed by atoms with Crippen LogP contribution in [0.25, 0.3) is 0 Å². The third kappa shape index (κ3) is 4.23. The zero-order chi connectivity index (χ0) is 12.9. The van der Waals surface area contributed by atoms with Crippen LogP contribution in [0.15, 0.2) is 23.1 Å². The maximum atomic E-state index is 13.4. The van der Waals surface area contributed by atoms with Crippen molar-refractivity contribution in [3.8, 4) is 0 Å². The summed E-state index contributed by atoms with van der Waals surface area (Å²) in [4.78, 5) is -0.403. The van der Waals surface area contributed by atoms with Gasteiger partial charge in [0.15, 0.2) is 0 Å². The van der Waals surface area contributed by atoms with Crippen LogP contribution < -0.4 is 4.72 Å². The summed E-state index contributed by atoms with van der Waals surface area (Å²) in [6.07, 6.45) is 0.519. The molecule has 1 aromatic carbocycles. The monoisotopic (exact) mass is 281 g/mol. The number of hydrogen-bond acceptors (Lipinski definition) is 3. The Labute approximate surface area is 105 Å². The Balaban J connectivity index is 2.76. The third-order valence-electron chi connectivity index (χ3n) is 2.00. The van der Waals surface area contributed by atoms with Gasteiger partial charge in [-0.15, -0.1) is 0 Å². The minimum Gasteiger partial charge on any atom is -0.385 e. The highest BCUT2D eigenvalue weighted by atomic mass is 35.5. The van der Waals surface area contributed by atoms with E-state index < -0.39 is 20.7 Å². The summed E-state index contributed by atoms with van der Waals surface area (Å²) in [5, 5.41) is 0.154. The molecule has 0 aliphatic heterocycles. The molecule has 0 radical (unpaired) electrons. The highest BCUT2D eigenvalue weighted by Crippen LogP contribution is 2.18. The maximum absolute atomic E-state index is 13.4. The van der Waals surface area contributed by atoms with Crippen LogP contribution in [-0.4, -0.2) is 28.7 Å². The van der Waals surface area contributed by atoms with Gasteiger partial charge in [0, 0.05) is 25.3 Å². The van der Waals surface area contributed by atoms with Crippen LogP contribution in [0.4, 0.5) is 4.39 Å². The maximum Gasteiger partial charge on any atom is 0.243 e. The van der Waals surface area contributed by atoms with Crippen molar-refractivity contribution in [2.24, 2.45) is 0 Å². The SMILES string of the molecule is COCCCNS(=O)(=O)c1ccc(Cl)cc1F. The van der Waals surface area contributed by atoms with Gasteiger partial charge in [-0.25, -0.2) is 17.5 Å². The molecule has 0 aromatic heterocycles. The number of methoxy groups -OCH3 is 1. The van der Waals surface area contributed by atoms with Crippen molar-refractivity contribution in [1.29, 1.82) is 0 Å². The minimum absolute atomic E-state index is 0.154. The molecule has 96 valence electrons. The molecule has 0 atom stereocenters. The van der Waals surface area contributed by atoms with Crippen molar-refractivity contribution in [2.75, 3.05) is 20.3 Å². The summed E-state index contributed by atoms with van der Waals surface area (Å²) in [5.41, 5.74) is 0. The van der Waals surface area contributed by atoms with E-state index in [-0.39, 0.29) is 11.6 Å². The number of hydrogen-bond donors (Lipinski definition) is 1. The van der Waals surface area contributed by atoms with E-state index in [4.69, 9.17) is 16.3 Å². The molecule has 1 N–H and O–H groups in total. The number of nitrogens with one attached hydrogen (secondary N) is 1. The average Bonchev–Trinajstić information content (AvgIpc) is 2.24. The molecule has 0 heterocycles. The molecule has 0 fully saturated rings. The lowest BCUT2D eigenvalue weighted by molar-refractivity contribution is 0.196. The van der Waals surface area contributed by atoms with Crippen molar-refractivity contribution in [2.45, 2.75) is 11.3 Å². The van der Waals surface area contributed by atoms with E-state index in [1.807, 2.05) is 0 Å². The van der Waals surface area contributed by atoms with E-state index in [0.29, 0.717) is 13.0 Å². The molecule has 0 saturated carbocycles. The van der Waals surface area contributed by atoms with E-state index in [1.165, 1.54) is 13.2 Å². The smallest absolute Gasteiger partial charge is 0.243 e. The van der Waals surface area contributed by atoms with Gasteiger partial charge in [0.2, 0.25) is 10.0 Å². The van der Waals surface area contributed by atoms with Gasteiger partial charge in [0.1, 0.15) is 10.7 Å². The molecular formula is C10H13ClFNO3S. The molecule has 0 saturated heterocycles. The molecule has 0 amide bonds. The second-order valence-electron chi connectivity index (χ2n) is 3.32. The molecule has 1 aromatic rings. The Morgan fingerprint density at radius 2 is 2.18 bits per heavy atom. The lowest BCUT2D eigenvalue weighted by Crippen LogP contribution is -2.26. The lowest BCUT2D eigenvalue weighted by atomic mass is 10.3. The number of sulfonamides is 1. The summed E-state index contributed by atoms with van der Waals surface area (Å²) >= 11 is 5.54. The van der Waals surface area contributed by atoms with Gasteiger partial charge >= 0.3 is 0 Å². The van der Waals surface area contributed by atoms with E-state index in [2.05, 4.69) is 4.72 Å². The number of halogens is 2. The standard InChI is InChI=1S/C10H13ClFNO3S/c1-16-6-2-5-13-17(14,15)10-4-3-8(11)7-9(10)12/h3-4,7,13H,2,5-6H2,1H3.